The minimum atomic E-state index is -0.347. The summed E-state index contributed by atoms with van der Waals surface area (Å²) in [4.78, 5) is 30.5. The fourth-order valence-electron chi connectivity index (χ4n) is 3.56. The van der Waals surface area contributed by atoms with Crippen LogP contribution < -0.4 is 20.7 Å². The molecule has 2 atom stereocenters. The van der Waals surface area contributed by atoms with Crippen molar-refractivity contribution >= 4 is 34.9 Å². The summed E-state index contributed by atoms with van der Waals surface area (Å²) in [6.45, 7) is 2.40. The molecule has 9 heteroatoms. The van der Waals surface area contributed by atoms with E-state index < -0.39 is 0 Å². The van der Waals surface area contributed by atoms with Crippen molar-refractivity contribution in [2.75, 3.05) is 12.9 Å². The number of ether oxygens (including phenoxy) is 1. The van der Waals surface area contributed by atoms with Crippen LogP contribution in [-0.4, -0.2) is 35.2 Å². The Morgan fingerprint density at radius 2 is 2.06 bits per heavy atom. The van der Waals surface area contributed by atoms with Gasteiger partial charge in [0.25, 0.3) is 0 Å². The fraction of sp³-hybridized carbons (Fsp3) is 0.292. The van der Waals surface area contributed by atoms with Crippen LogP contribution >= 0.6 is 23.1 Å². The van der Waals surface area contributed by atoms with Crippen molar-refractivity contribution in [2.24, 2.45) is 0 Å². The Morgan fingerprint density at radius 3 is 2.85 bits per heavy atom. The van der Waals surface area contributed by atoms with Crippen molar-refractivity contribution in [3.8, 4) is 16.3 Å². The van der Waals surface area contributed by atoms with Gasteiger partial charge in [0.15, 0.2) is 0 Å². The van der Waals surface area contributed by atoms with E-state index in [0.29, 0.717) is 13.0 Å². The molecule has 0 bridgehead atoms. The summed E-state index contributed by atoms with van der Waals surface area (Å²) in [7, 11) is 1.61. The molecular formula is C24H26N4O3S2. The number of thioether (sulfide) groups is 1. The lowest BCUT2D eigenvalue weighted by atomic mass is 10.1. The molecule has 2 amide bonds. The summed E-state index contributed by atoms with van der Waals surface area (Å²) in [6.07, 6.45) is 0.344. The average molecular weight is 483 g/mol. The van der Waals surface area contributed by atoms with E-state index in [4.69, 9.17) is 9.72 Å². The Bertz CT molecular complexity index is 1120. The van der Waals surface area contributed by atoms with E-state index in [-0.39, 0.29) is 29.1 Å². The highest BCUT2D eigenvalue weighted by atomic mass is 32.2. The zero-order valence-electron chi connectivity index (χ0n) is 18.5. The quantitative estimate of drug-likeness (QED) is 0.454. The third-order valence-electron chi connectivity index (χ3n) is 5.21. The first-order valence-electron chi connectivity index (χ1n) is 10.6. The van der Waals surface area contributed by atoms with Crippen molar-refractivity contribution in [3.63, 3.8) is 0 Å². The SMILES string of the molecule is COc1cccc(CNC(=O)CSC2NC(=O)CC(c3sc(-c4ccccc4)nc3C)N2)c1. The van der Waals surface area contributed by atoms with Crippen molar-refractivity contribution < 1.29 is 14.3 Å². The zero-order valence-corrected chi connectivity index (χ0v) is 20.1. The van der Waals surface area contributed by atoms with Crippen LogP contribution in [0.4, 0.5) is 0 Å². The molecule has 0 aliphatic carbocycles. The molecule has 0 radical (unpaired) electrons. The van der Waals surface area contributed by atoms with Gasteiger partial charge in [-0.15, -0.1) is 23.1 Å². The van der Waals surface area contributed by atoms with Gasteiger partial charge in [0.05, 0.1) is 24.6 Å². The number of carbonyl (C=O) groups excluding carboxylic acids is 2. The van der Waals surface area contributed by atoms with E-state index in [0.717, 1.165) is 32.5 Å². The second-order valence-electron chi connectivity index (χ2n) is 7.64. The van der Waals surface area contributed by atoms with Crippen molar-refractivity contribution in [3.05, 3.63) is 70.7 Å². The number of thiazole rings is 1. The Labute approximate surface area is 201 Å². The number of nitrogens with one attached hydrogen (secondary N) is 3. The van der Waals surface area contributed by atoms with Gasteiger partial charge in [-0.25, -0.2) is 4.98 Å². The first-order valence-corrected chi connectivity index (χ1v) is 12.5. The van der Waals surface area contributed by atoms with E-state index >= 15 is 0 Å². The second-order valence-corrected chi connectivity index (χ2v) is 9.77. The number of nitrogens with zero attached hydrogens (tertiary/aromatic N) is 1. The van der Waals surface area contributed by atoms with Gasteiger partial charge in [-0.05, 0) is 24.6 Å². The van der Waals surface area contributed by atoms with Crippen LogP contribution in [0, 0.1) is 6.92 Å². The molecule has 1 aliphatic rings. The molecule has 0 spiro atoms. The molecule has 33 heavy (non-hydrogen) atoms. The van der Waals surface area contributed by atoms with E-state index in [9.17, 15) is 9.59 Å². The molecular weight excluding hydrogens is 456 g/mol. The van der Waals surface area contributed by atoms with E-state index in [1.54, 1.807) is 18.4 Å². The molecule has 2 unspecified atom stereocenters. The third kappa shape index (κ3) is 6.13. The number of hydrogen-bond donors (Lipinski definition) is 3. The number of methoxy groups -OCH3 is 1. The molecule has 3 aromatic rings. The number of hydrogen-bond acceptors (Lipinski definition) is 7. The summed E-state index contributed by atoms with van der Waals surface area (Å²) in [5.41, 5.74) is 2.61. The highest BCUT2D eigenvalue weighted by Crippen LogP contribution is 2.34. The van der Waals surface area contributed by atoms with Gasteiger partial charge in [0.2, 0.25) is 11.8 Å². The highest BCUT2D eigenvalue weighted by Gasteiger charge is 2.30. The van der Waals surface area contributed by atoms with Crippen LogP contribution in [-0.2, 0) is 16.1 Å². The maximum Gasteiger partial charge on any atom is 0.230 e. The molecule has 1 aromatic heterocycles. The minimum Gasteiger partial charge on any atom is -0.497 e. The number of benzene rings is 2. The van der Waals surface area contributed by atoms with Crippen LogP contribution in [0.3, 0.4) is 0 Å². The monoisotopic (exact) mass is 482 g/mol. The van der Waals surface area contributed by atoms with Gasteiger partial charge in [0.1, 0.15) is 16.3 Å². The van der Waals surface area contributed by atoms with Gasteiger partial charge < -0.3 is 15.4 Å². The lowest BCUT2D eigenvalue weighted by molar-refractivity contribution is -0.123. The summed E-state index contributed by atoms with van der Waals surface area (Å²) >= 11 is 2.97. The molecule has 172 valence electrons. The van der Waals surface area contributed by atoms with Crippen LogP contribution in [0.2, 0.25) is 0 Å². The van der Waals surface area contributed by atoms with Crippen molar-refractivity contribution in [1.29, 1.82) is 0 Å². The van der Waals surface area contributed by atoms with Crippen LogP contribution in [0.25, 0.3) is 10.6 Å². The molecule has 1 saturated heterocycles. The van der Waals surface area contributed by atoms with Gasteiger partial charge in [-0.1, -0.05) is 42.5 Å². The Morgan fingerprint density at radius 1 is 1.24 bits per heavy atom. The summed E-state index contributed by atoms with van der Waals surface area (Å²) < 4.78 is 5.21. The Balaban J connectivity index is 1.33. The maximum atomic E-state index is 12.4. The van der Waals surface area contributed by atoms with Crippen molar-refractivity contribution in [2.45, 2.75) is 31.4 Å². The predicted molar refractivity (Wildman–Crippen MR) is 132 cm³/mol. The molecule has 7 nitrogen and oxygen atoms in total. The van der Waals surface area contributed by atoms with Crippen molar-refractivity contribution in [1.82, 2.24) is 20.9 Å². The number of aryl methyl sites for hydroxylation is 1. The fourth-order valence-corrected chi connectivity index (χ4v) is 5.59. The summed E-state index contributed by atoms with van der Waals surface area (Å²) in [5.74, 6) is 0.847. The average Bonchev–Trinajstić information content (AvgIpc) is 3.23. The summed E-state index contributed by atoms with van der Waals surface area (Å²) in [6, 6.07) is 17.5. The minimum absolute atomic E-state index is 0.0397. The predicted octanol–water partition coefficient (Wildman–Crippen LogP) is 3.61. The van der Waals surface area contributed by atoms with Gasteiger partial charge in [-0.3, -0.25) is 14.9 Å². The first-order chi connectivity index (χ1) is 16.0. The molecule has 3 N–H and O–H groups in total. The second kappa shape index (κ2) is 10.8. The third-order valence-corrected chi connectivity index (χ3v) is 7.55. The maximum absolute atomic E-state index is 12.4. The lowest BCUT2D eigenvalue weighted by Crippen LogP contribution is -2.51. The smallest absolute Gasteiger partial charge is 0.230 e. The number of rotatable bonds is 8. The van der Waals surface area contributed by atoms with Gasteiger partial charge >= 0.3 is 0 Å². The van der Waals surface area contributed by atoms with E-state index in [2.05, 4.69) is 16.0 Å². The number of aromatic nitrogens is 1. The van der Waals surface area contributed by atoms with Gasteiger partial charge in [-0.2, -0.15) is 0 Å². The molecule has 1 fully saturated rings. The zero-order chi connectivity index (χ0) is 23.2. The normalized spacial score (nSPS) is 17.9. The highest BCUT2D eigenvalue weighted by molar-refractivity contribution is 8.00. The largest absolute Gasteiger partial charge is 0.497 e. The Kier molecular flexibility index (Phi) is 7.64. The topological polar surface area (TPSA) is 92.4 Å². The molecule has 2 aromatic carbocycles. The standard InChI is InChI=1S/C24H26N4O3S2/c1-15-22(33-23(26-15)17-8-4-3-5-9-17)19-12-20(29)28-24(27-19)32-14-21(30)25-13-16-7-6-10-18(11-16)31-2/h3-11,19,24,27H,12-14H2,1-2H3,(H,25,30)(H,28,29). The van der Waals surface area contributed by atoms with E-state index in [1.807, 2.05) is 61.5 Å². The van der Waals surface area contributed by atoms with Crippen LogP contribution in [0.5, 0.6) is 5.75 Å². The summed E-state index contributed by atoms with van der Waals surface area (Å²) in [5, 5.41) is 10.2. The molecule has 0 saturated carbocycles. The molecule has 2 heterocycles. The van der Waals surface area contributed by atoms with Crippen LogP contribution in [0.1, 0.15) is 28.6 Å². The van der Waals surface area contributed by atoms with Gasteiger partial charge in [0, 0.05) is 23.4 Å². The lowest BCUT2D eigenvalue weighted by Gasteiger charge is -2.30. The Hall–Kier alpha value is -2.88. The number of amides is 2. The number of carbonyl (C=O) groups is 2. The molecule has 1 aliphatic heterocycles. The first kappa shape index (κ1) is 23.3. The van der Waals surface area contributed by atoms with Crippen LogP contribution in [0.15, 0.2) is 54.6 Å². The molecule has 4 rings (SSSR count). The van der Waals surface area contributed by atoms with E-state index in [1.165, 1.54) is 11.8 Å².